The number of nitrogens with two attached hydrogens (primary N) is 1. The molecule has 1 heterocycles. The number of rotatable bonds is 6. The van der Waals surface area contributed by atoms with E-state index in [0.29, 0.717) is 13.0 Å². The van der Waals surface area contributed by atoms with Crippen LogP contribution in [0, 0.1) is 0 Å². The van der Waals surface area contributed by atoms with E-state index in [1.807, 2.05) is 36.4 Å². The van der Waals surface area contributed by atoms with Gasteiger partial charge in [-0.2, -0.15) is 0 Å². The normalized spacial score (nSPS) is 12.4. The maximum atomic E-state index is 6.17. The van der Waals surface area contributed by atoms with Crippen LogP contribution in [-0.2, 0) is 17.8 Å². The van der Waals surface area contributed by atoms with Crippen molar-refractivity contribution in [3.63, 3.8) is 0 Å². The fourth-order valence-corrected chi connectivity index (χ4v) is 2.02. The summed E-state index contributed by atoms with van der Waals surface area (Å²) in [5.74, 6) is 2.40. The zero-order chi connectivity index (χ0) is 13.7. The van der Waals surface area contributed by atoms with Crippen LogP contribution in [0.3, 0.4) is 0 Å². The van der Waals surface area contributed by atoms with Gasteiger partial charge in [0, 0.05) is 7.11 Å². The number of ether oxygens (including phenoxy) is 2. The summed E-state index contributed by atoms with van der Waals surface area (Å²) < 4.78 is 16.0. The van der Waals surface area contributed by atoms with Gasteiger partial charge in [-0.3, -0.25) is 0 Å². The summed E-state index contributed by atoms with van der Waals surface area (Å²) in [5, 5.41) is 0. The largest absolute Gasteiger partial charge is 0.496 e. The first-order chi connectivity index (χ1) is 9.24. The maximum absolute atomic E-state index is 6.17. The van der Waals surface area contributed by atoms with E-state index in [0.717, 1.165) is 22.8 Å². The van der Waals surface area contributed by atoms with Crippen molar-refractivity contribution in [1.29, 1.82) is 0 Å². The third-order valence-corrected chi connectivity index (χ3v) is 2.97. The first-order valence-electron chi connectivity index (χ1n) is 6.19. The van der Waals surface area contributed by atoms with Crippen molar-refractivity contribution in [3.8, 4) is 5.75 Å². The molecule has 102 valence electrons. The Balaban J connectivity index is 2.09. The standard InChI is InChI=1S/C15H19NO3/c1-17-10-12-7-8-15(19-12)13(16)9-11-5-3-4-6-14(11)18-2/h3-8,13H,9-10,16H2,1-2H3. The fourth-order valence-electron chi connectivity index (χ4n) is 2.02. The molecule has 0 aliphatic heterocycles. The van der Waals surface area contributed by atoms with Crippen LogP contribution in [-0.4, -0.2) is 14.2 Å². The summed E-state index contributed by atoms with van der Waals surface area (Å²) in [6.45, 7) is 0.460. The van der Waals surface area contributed by atoms with E-state index < -0.39 is 0 Å². The lowest BCUT2D eigenvalue weighted by atomic mass is 10.0. The molecule has 1 atom stereocenters. The molecule has 1 aromatic carbocycles. The smallest absolute Gasteiger partial charge is 0.129 e. The van der Waals surface area contributed by atoms with Crippen molar-refractivity contribution in [2.45, 2.75) is 19.1 Å². The number of para-hydroxylation sites is 1. The number of benzene rings is 1. The van der Waals surface area contributed by atoms with Gasteiger partial charge in [-0.15, -0.1) is 0 Å². The Morgan fingerprint density at radius 2 is 1.95 bits per heavy atom. The van der Waals surface area contributed by atoms with Crippen LogP contribution in [0.2, 0.25) is 0 Å². The van der Waals surface area contributed by atoms with Gasteiger partial charge in [0.05, 0.1) is 13.2 Å². The molecule has 1 unspecified atom stereocenters. The van der Waals surface area contributed by atoms with Crippen molar-refractivity contribution in [3.05, 3.63) is 53.5 Å². The molecule has 1 aromatic heterocycles. The number of hydrogen-bond acceptors (Lipinski definition) is 4. The summed E-state index contributed by atoms with van der Waals surface area (Å²) >= 11 is 0. The van der Waals surface area contributed by atoms with Crippen molar-refractivity contribution in [1.82, 2.24) is 0 Å². The molecule has 2 N–H and O–H groups in total. The van der Waals surface area contributed by atoms with Crippen LogP contribution in [0.4, 0.5) is 0 Å². The van der Waals surface area contributed by atoms with Crippen LogP contribution in [0.5, 0.6) is 5.75 Å². The van der Waals surface area contributed by atoms with Crippen LogP contribution in [0.15, 0.2) is 40.8 Å². The SMILES string of the molecule is COCc1ccc(C(N)Cc2ccccc2OC)o1. The summed E-state index contributed by atoms with van der Waals surface area (Å²) in [6.07, 6.45) is 0.671. The van der Waals surface area contributed by atoms with Gasteiger partial charge in [0.25, 0.3) is 0 Å². The predicted molar refractivity (Wildman–Crippen MR) is 73.0 cm³/mol. The fraction of sp³-hybridized carbons (Fsp3) is 0.333. The Bertz CT molecular complexity index is 522. The average Bonchev–Trinajstić information content (AvgIpc) is 2.88. The second kappa shape index (κ2) is 6.41. The molecule has 4 heteroatoms. The zero-order valence-electron chi connectivity index (χ0n) is 11.3. The topological polar surface area (TPSA) is 57.6 Å². The van der Waals surface area contributed by atoms with E-state index in [-0.39, 0.29) is 6.04 Å². The highest BCUT2D eigenvalue weighted by molar-refractivity contribution is 5.34. The minimum atomic E-state index is -0.193. The molecule has 0 radical (unpaired) electrons. The van der Waals surface area contributed by atoms with Gasteiger partial charge in [-0.25, -0.2) is 0 Å². The first kappa shape index (κ1) is 13.6. The lowest BCUT2D eigenvalue weighted by molar-refractivity contribution is 0.162. The van der Waals surface area contributed by atoms with E-state index in [9.17, 15) is 0 Å². The number of methoxy groups -OCH3 is 2. The van der Waals surface area contributed by atoms with Gasteiger partial charge in [-0.1, -0.05) is 18.2 Å². The van der Waals surface area contributed by atoms with E-state index in [1.54, 1.807) is 14.2 Å². The molecule has 0 aliphatic rings. The van der Waals surface area contributed by atoms with Gasteiger partial charge < -0.3 is 19.6 Å². The molecule has 4 nitrogen and oxygen atoms in total. The highest BCUT2D eigenvalue weighted by Gasteiger charge is 2.14. The molecule has 19 heavy (non-hydrogen) atoms. The number of furan rings is 1. The third-order valence-electron chi connectivity index (χ3n) is 2.97. The molecule has 0 aliphatic carbocycles. The van der Waals surface area contributed by atoms with Crippen LogP contribution in [0.1, 0.15) is 23.1 Å². The first-order valence-corrected chi connectivity index (χ1v) is 6.19. The molecule has 0 fully saturated rings. The summed E-state index contributed by atoms with van der Waals surface area (Å²) in [4.78, 5) is 0. The molecular formula is C15H19NO3. The van der Waals surface area contributed by atoms with Crippen LogP contribution >= 0.6 is 0 Å². The minimum Gasteiger partial charge on any atom is -0.496 e. The molecule has 0 saturated heterocycles. The maximum Gasteiger partial charge on any atom is 0.129 e. The Morgan fingerprint density at radius 3 is 2.68 bits per heavy atom. The Hall–Kier alpha value is -1.78. The molecule has 2 aromatic rings. The lowest BCUT2D eigenvalue weighted by Crippen LogP contribution is -2.13. The lowest BCUT2D eigenvalue weighted by Gasteiger charge is -2.12. The van der Waals surface area contributed by atoms with Gasteiger partial charge in [0.2, 0.25) is 0 Å². The summed E-state index contributed by atoms with van der Waals surface area (Å²) in [5.41, 5.74) is 7.24. The summed E-state index contributed by atoms with van der Waals surface area (Å²) in [6, 6.07) is 11.5. The van der Waals surface area contributed by atoms with Crippen molar-refractivity contribution >= 4 is 0 Å². The Kier molecular flexibility index (Phi) is 4.60. The predicted octanol–water partition coefficient (Wildman–Crippen LogP) is 2.68. The van der Waals surface area contributed by atoms with Crippen molar-refractivity contribution < 1.29 is 13.9 Å². The van der Waals surface area contributed by atoms with E-state index >= 15 is 0 Å². The quantitative estimate of drug-likeness (QED) is 0.868. The molecule has 0 saturated carbocycles. The van der Waals surface area contributed by atoms with Gasteiger partial charge in [-0.05, 0) is 30.2 Å². The zero-order valence-corrected chi connectivity index (χ0v) is 11.3. The van der Waals surface area contributed by atoms with Gasteiger partial charge in [0.1, 0.15) is 23.9 Å². The van der Waals surface area contributed by atoms with Crippen LogP contribution in [0.25, 0.3) is 0 Å². The minimum absolute atomic E-state index is 0.193. The monoisotopic (exact) mass is 261 g/mol. The molecule has 0 amide bonds. The highest BCUT2D eigenvalue weighted by atomic mass is 16.5. The Morgan fingerprint density at radius 1 is 1.16 bits per heavy atom. The average molecular weight is 261 g/mol. The molecule has 0 bridgehead atoms. The van der Waals surface area contributed by atoms with E-state index in [2.05, 4.69) is 0 Å². The third kappa shape index (κ3) is 3.36. The number of hydrogen-bond donors (Lipinski definition) is 1. The van der Waals surface area contributed by atoms with Crippen LogP contribution < -0.4 is 10.5 Å². The van der Waals surface area contributed by atoms with Gasteiger partial charge in [0.15, 0.2) is 0 Å². The van der Waals surface area contributed by atoms with E-state index in [1.165, 1.54) is 0 Å². The van der Waals surface area contributed by atoms with Crippen molar-refractivity contribution in [2.75, 3.05) is 14.2 Å². The summed E-state index contributed by atoms with van der Waals surface area (Å²) in [7, 11) is 3.30. The highest BCUT2D eigenvalue weighted by Crippen LogP contribution is 2.24. The second-order valence-corrected chi connectivity index (χ2v) is 4.36. The van der Waals surface area contributed by atoms with E-state index in [4.69, 9.17) is 19.6 Å². The Labute approximate surface area is 113 Å². The van der Waals surface area contributed by atoms with Gasteiger partial charge >= 0.3 is 0 Å². The molecular weight excluding hydrogens is 242 g/mol. The van der Waals surface area contributed by atoms with Crippen molar-refractivity contribution in [2.24, 2.45) is 5.73 Å². The second-order valence-electron chi connectivity index (χ2n) is 4.36. The molecule has 2 rings (SSSR count). The molecule has 0 spiro atoms.